The second-order valence-electron chi connectivity index (χ2n) is 5.31. The molecule has 2 N–H and O–H groups in total. The van der Waals surface area contributed by atoms with Crippen LogP contribution in [0.15, 0.2) is 72.0 Å². The number of hydrogen-bond acceptors (Lipinski definition) is 5. The second-order valence-corrected chi connectivity index (χ2v) is 6.96. The van der Waals surface area contributed by atoms with Gasteiger partial charge in [0.25, 0.3) is 10.0 Å². The molecular weight excluding hydrogens is 338 g/mol. The number of para-hydroxylation sites is 1. The molecule has 124 valence electrons. The molecule has 0 radical (unpaired) electrons. The van der Waals surface area contributed by atoms with E-state index >= 15 is 0 Å². The monoisotopic (exact) mass is 351 g/mol. The Morgan fingerprint density at radius 3 is 2.60 bits per heavy atom. The van der Waals surface area contributed by atoms with Crippen molar-refractivity contribution in [1.29, 1.82) is 0 Å². The average Bonchev–Trinajstić information content (AvgIpc) is 3.09. The number of aromatic nitrogens is 4. The second kappa shape index (κ2) is 5.99. The van der Waals surface area contributed by atoms with Gasteiger partial charge in [0.2, 0.25) is 0 Å². The van der Waals surface area contributed by atoms with Crippen LogP contribution in [0.2, 0.25) is 0 Å². The molecule has 0 bridgehead atoms. The minimum absolute atomic E-state index is 0.110. The zero-order valence-corrected chi connectivity index (χ0v) is 13.7. The topological polar surface area (TPSA) is 101 Å². The van der Waals surface area contributed by atoms with Gasteiger partial charge in [0.05, 0.1) is 23.1 Å². The number of H-pyrrole nitrogens is 1. The van der Waals surface area contributed by atoms with Crippen molar-refractivity contribution >= 4 is 26.6 Å². The third-order valence-electron chi connectivity index (χ3n) is 3.69. The number of nitrogens with zero attached hydrogens (tertiary/aromatic N) is 3. The van der Waals surface area contributed by atoms with E-state index in [0.717, 1.165) is 5.39 Å². The lowest BCUT2D eigenvalue weighted by molar-refractivity contribution is 0.602. The third-order valence-corrected chi connectivity index (χ3v) is 5.09. The molecule has 0 aliphatic rings. The molecule has 7 nitrogen and oxygen atoms in total. The van der Waals surface area contributed by atoms with Crippen LogP contribution in [0.4, 0.5) is 5.69 Å². The summed E-state index contributed by atoms with van der Waals surface area (Å²) in [5.74, 6) is 0. The number of pyridine rings is 2. The van der Waals surface area contributed by atoms with Gasteiger partial charge in [-0.3, -0.25) is 19.8 Å². The highest BCUT2D eigenvalue weighted by atomic mass is 32.2. The molecular formula is C17H13N5O2S. The normalized spacial score (nSPS) is 11.5. The summed E-state index contributed by atoms with van der Waals surface area (Å²) in [7, 11) is -3.84. The molecule has 3 heterocycles. The van der Waals surface area contributed by atoms with Gasteiger partial charge in [0, 0.05) is 17.8 Å². The Kier molecular flexibility index (Phi) is 3.66. The zero-order chi connectivity index (χ0) is 17.3. The Labute approximate surface area is 143 Å². The summed E-state index contributed by atoms with van der Waals surface area (Å²) in [6.07, 6.45) is 4.61. The molecule has 8 heteroatoms. The van der Waals surface area contributed by atoms with Gasteiger partial charge in [-0.15, -0.1) is 0 Å². The Hall–Kier alpha value is -3.26. The average molecular weight is 351 g/mol. The molecule has 0 atom stereocenters. The molecule has 0 aliphatic carbocycles. The largest absolute Gasteiger partial charge is 0.276 e. The van der Waals surface area contributed by atoms with Crippen LogP contribution in [-0.2, 0) is 10.0 Å². The molecule has 0 amide bonds. The quantitative estimate of drug-likeness (QED) is 0.589. The molecule has 0 saturated heterocycles. The maximum atomic E-state index is 12.9. The summed E-state index contributed by atoms with van der Waals surface area (Å²) in [6.45, 7) is 0. The van der Waals surface area contributed by atoms with E-state index in [1.807, 2.05) is 18.2 Å². The molecule has 0 spiro atoms. The Morgan fingerprint density at radius 1 is 0.920 bits per heavy atom. The Morgan fingerprint density at radius 2 is 1.76 bits per heavy atom. The van der Waals surface area contributed by atoms with Crippen molar-refractivity contribution in [1.82, 2.24) is 20.2 Å². The number of benzene rings is 1. The van der Waals surface area contributed by atoms with E-state index in [1.54, 1.807) is 36.7 Å². The van der Waals surface area contributed by atoms with Crippen LogP contribution in [-0.4, -0.2) is 28.6 Å². The summed E-state index contributed by atoms with van der Waals surface area (Å²) in [5, 5.41) is 7.46. The van der Waals surface area contributed by atoms with Gasteiger partial charge in [-0.25, -0.2) is 8.42 Å². The number of rotatable bonds is 4. The molecule has 25 heavy (non-hydrogen) atoms. The fraction of sp³-hybridized carbons (Fsp3) is 0. The fourth-order valence-corrected chi connectivity index (χ4v) is 3.80. The van der Waals surface area contributed by atoms with Gasteiger partial charge in [-0.2, -0.15) is 5.10 Å². The van der Waals surface area contributed by atoms with E-state index in [9.17, 15) is 8.42 Å². The van der Waals surface area contributed by atoms with Gasteiger partial charge >= 0.3 is 0 Å². The van der Waals surface area contributed by atoms with Crippen LogP contribution < -0.4 is 4.72 Å². The van der Waals surface area contributed by atoms with E-state index in [4.69, 9.17) is 0 Å². The van der Waals surface area contributed by atoms with Crippen LogP contribution in [0, 0.1) is 0 Å². The molecule has 0 saturated carbocycles. The van der Waals surface area contributed by atoms with E-state index in [2.05, 4.69) is 24.9 Å². The first-order valence-electron chi connectivity index (χ1n) is 7.46. The number of hydrogen-bond donors (Lipinski definition) is 2. The van der Waals surface area contributed by atoms with Crippen molar-refractivity contribution in [3.05, 3.63) is 67.1 Å². The maximum absolute atomic E-state index is 12.9. The van der Waals surface area contributed by atoms with E-state index < -0.39 is 10.0 Å². The number of fused-ring (bicyclic) bond motifs is 1. The molecule has 4 aromatic rings. The van der Waals surface area contributed by atoms with E-state index in [0.29, 0.717) is 22.6 Å². The standard InChI is InChI=1S/C17H13N5O2S/c23-25(24,15-8-3-5-12-6-4-10-19-16(12)15)22-14-11-20-21-17(14)13-7-1-2-9-18-13/h1-11,22H,(H,20,21). The smallest absolute Gasteiger partial charge is 0.264 e. The van der Waals surface area contributed by atoms with Crippen molar-refractivity contribution in [3.63, 3.8) is 0 Å². The van der Waals surface area contributed by atoms with Crippen LogP contribution in [0.25, 0.3) is 22.3 Å². The van der Waals surface area contributed by atoms with Gasteiger partial charge in [-0.1, -0.05) is 24.3 Å². The van der Waals surface area contributed by atoms with E-state index in [1.165, 1.54) is 12.3 Å². The van der Waals surface area contributed by atoms with Crippen molar-refractivity contribution in [3.8, 4) is 11.4 Å². The lowest BCUT2D eigenvalue weighted by atomic mass is 10.2. The van der Waals surface area contributed by atoms with Crippen molar-refractivity contribution < 1.29 is 8.42 Å². The zero-order valence-electron chi connectivity index (χ0n) is 12.9. The lowest BCUT2D eigenvalue weighted by Gasteiger charge is -2.10. The highest BCUT2D eigenvalue weighted by molar-refractivity contribution is 7.93. The molecule has 1 aromatic carbocycles. The van der Waals surface area contributed by atoms with Gasteiger partial charge in [0.1, 0.15) is 10.6 Å². The van der Waals surface area contributed by atoms with Crippen LogP contribution in [0.1, 0.15) is 0 Å². The Bertz CT molecular complexity index is 1130. The Balaban J connectivity index is 1.77. The molecule has 0 aliphatic heterocycles. The van der Waals surface area contributed by atoms with Crippen molar-refractivity contribution in [2.45, 2.75) is 4.90 Å². The summed E-state index contributed by atoms with van der Waals surface area (Å²) >= 11 is 0. The minimum Gasteiger partial charge on any atom is -0.276 e. The highest BCUT2D eigenvalue weighted by Crippen LogP contribution is 2.27. The summed E-state index contributed by atoms with van der Waals surface area (Å²) in [5.41, 5.74) is 1.83. The van der Waals surface area contributed by atoms with Gasteiger partial charge in [0.15, 0.2) is 0 Å². The maximum Gasteiger partial charge on any atom is 0.264 e. The SMILES string of the molecule is O=S(=O)(Nc1cn[nH]c1-c1ccccn1)c1cccc2cccnc12. The van der Waals surface area contributed by atoms with Gasteiger partial charge in [-0.05, 0) is 24.3 Å². The van der Waals surface area contributed by atoms with Crippen LogP contribution in [0.3, 0.4) is 0 Å². The van der Waals surface area contributed by atoms with Crippen LogP contribution >= 0.6 is 0 Å². The number of anilines is 1. The summed E-state index contributed by atoms with van der Waals surface area (Å²) in [4.78, 5) is 8.53. The molecule has 4 rings (SSSR count). The molecule has 0 fully saturated rings. The summed E-state index contributed by atoms with van der Waals surface area (Å²) in [6, 6.07) is 14.0. The minimum atomic E-state index is -3.84. The van der Waals surface area contributed by atoms with Crippen LogP contribution in [0.5, 0.6) is 0 Å². The summed E-state index contributed by atoms with van der Waals surface area (Å²) < 4.78 is 28.3. The third kappa shape index (κ3) is 2.83. The van der Waals surface area contributed by atoms with Crippen molar-refractivity contribution in [2.24, 2.45) is 0 Å². The van der Waals surface area contributed by atoms with Crippen molar-refractivity contribution in [2.75, 3.05) is 4.72 Å². The van der Waals surface area contributed by atoms with Gasteiger partial charge < -0.3 is 0 Å². The lowest BCUT2D eigenvalue weighted by Crippen LogP contribution is -2.14. The number of nitrogens with one attached hydrogen (secondary N) is 2. The predicted molar refractivity (Wildman–Crippen MR) is 94.4 cm³/mol. The fourth-order valence-electron chi connectivity index (χ4n) is 2.56. The first kappa shape index (κ1) is 15.3. The molecule has 3 aromatic heterocycles. The number of aromatic amines is 1. The first-order valence-corrected chi connectivity index (χ1v) is 8.95. The molecule has 0 unspecified atom stereocenters. The predicted octanol–water partition coefficient (Wildman–Crippen LogP) is 2.82. The first-order chi connectivity index (χ1) is 12.1. The number of sulfonamides is 1. The highest BCUT2D eigenvalue weighted by Gasteiger charge is 2.21. The van der Waals surface area contributed by atoms with E-state index in [-0.39, 0.29) is 4.90 Å².